The Labute approximate surface area is 311 Å². The number of hydrogen-bond acceptors (Lipinski definition) is 15. The van der Waals surface area contributed by atoms with Gasteiger partial charge in [0.25, 0.3) is 0 Å². The maximum absolute atomic E-state index is 12.2. The van der Waals surface area contributed by atoms with E-state index in [2.05, 4.69) is 5.32 Å². The summed E-state index contributed by atoms with van der Waals surface area (Å²) >= 11 is 7.31. The van der Waals surface area contributed by atoms with Crippen LogP contribution in [-0.4, -0.2) is 100 Å². The van der Waals surface area contributed by atoms with E-state index in [9.17, 15) is 29.4 Å². The predicted octanol–water partition coefficient (Wildman–Crippen LogP) is 3.70. The molecule has 14 nitrogen and oxygen atoms in total. The lowest BCUT2D eigenvalue weighted by Gasteiger charge is -2.44. The SMILES string of the molecule is CC(=O)OCC1OC(CC(=S)Nc2cccc(C3OC(CSCCO)CC(c4ccc(CO)cc4)O3)c2)C(OC(C)=O)C(OC(C)=O)C1OC(C)=O. The quantitative estimate of drug-likeness (QED) is 0.103. The van der Waals surface area contributed by atoms with Crippen molar-refractivity contribution in [1.29, 1.82) is 0 Å². The summed E-state index contributed by atoms with van der Waals surface area (Å²) in [4.78, 5) is 48.4. The number of thiocarbonyl (C=S) groups is 1. The topological polar surface area (TPSA) is 185 Å². The van der Waals surface area contributed by atoms with Crippen molar-refractivity contribution >= 4 is 58.5 Å². The molecule has 3 N–H and O–H groups in total. The molecule has 0 aliphatic carbocycles. The summed E-state index contributed by atoms with van der Waals surface area (Å²) in [6, 6.07) is 14.9. The van der Waals surface area contributed by atoms with E-state index in [1.807, 2.05) is 42.5 Å². The van der Waals surface area contributed by atoms with E-state index in [-0.39, 0.29) is 43.4 Å². The zero-order valence-corrected chi connectivity index (χ0v) is 31.0. The number of hydrogen-bond donors (Lipinski definition) is 3. The number of rotatable bonds is 15. The van der Waals surface area contributed by atoms with Gasteiger partial charge in [0.1, 0.15) is 18.8 Å². The van der Waals surface area contributed by atoms with Crippen molar-refractivity contribution in [3.63, 3.8) is 0 Å². The molecule has 0 saturated carbocycles. The Bertz CT molecular complexity index is 1540. The summed E-state index contributed by atoms with van der Waals surface area (Å²) in [5.41, 5.74) is 3.05. The van der Waals surface area contributed by atoms with Crippen LogP contribution >= 0.6 is 24.0 Å². The molecule has 284 valence electrons. The van der Waals surface area contributed by atoms with Gasteiger partial charge >= 0.3 is 23.9 Å². The molecule has 8 atom stereocenters. The zero-order chi connectivity index (χ0) is 37.8. The van der Waals surface area contributed by atoms with Crippen LogP contribution in [0.5, 0.6) is 0 Å². The van der Waals surface area contributed by atoms with E-state index in [4.69, 9.17) is 45.4 Å². The summed E-state index contributed by atoms with van der Waals surface area (Å²) in [5, 5.41) is 22.0. The Morgan fingerprint density at radius 2 is 1.48 bits per heavy atom. The molecular formula is C36H45NO13S2. The predicted molar refractivity (Wildman–Crippen MR) is 192 cm³/mol. The Kier molecular flexibility index (Phi) is 15.8. The van der Waals surface area contributed by atoms with E-state index in [0.29, 0.717) is 29.2 Å². The van der Waals surface area contributed by atoms with Crippen molar-refractivity contribution in [2.24, 2.45) is 0 Å². The van der Waals surface area contributed by atoms with Gasteiger partial charge in [0, 0.05) is 63.3 Å². The molecule has 4 rings (SSSR count). The van der Waals surface area contributed by atoms with Crippen LogP contribution in [0.1, 0.15) is 69.6 Å². The molecule has 8 unspecified atom stereocenters. The van der Waals surface area contributed by atoms with Crippen LogP contribution < -0.4 is 5.32 Å². The van der Waals surface area contributed by atoms with E-state index in [1.165, 1.54) is 13.8 Å². The smallest absolute Gasteiger partial charge is 0.303 e. The lowest BCUT2D eigenvalue weighted by atomic mass is 9.92. The minimum Gasteiger partial charge on any atom is -0.463 e. The number of anilines is 1. The van der Waals surface area contributed by atoms with E-state index in [0.717, 1.165) is 25.0 Å². The number of carbonyl (C=O) groups is 4. The van der Waals surface area contributed by atoms with E-state index in [1.54, 1.807) is 17.8 Å². The normalized spacial score (nSPS) is 25.7. The molecule has 2 fully saturated rings. The largest absolute Gasteiger partial charge is 0.463 e. The molecule has 2 heterocycles. The van der Waals surface area contributed by atoms with Gasteiger partial charge in [0.2, 0.25) is 0 Å². The minimum atomic E-state index is -1.30. The molecule has 0 radical (unpaired) electrons. The second-order valence-electron chi connectivity index (χ2n) is 12.3. The number of esters is 4. The molecule has 2 aromatic carbocycles. The van der Waals surface area contributed by atoms with E-state index >= 15 is 0 Å². The molecule has 16 heteroatoms. The van der Waals surface area contributed by atoms with Gasteiger partial charge in [-0.15, -0.1) is 0 Å². The standard InChI is InChI=1S/C36H45NO13S2/c1-20(40)44-18-31-34(46-22(3)42)35(47-23(4)43)33(45-21(2)41)30(49-31)16-32(51)37-27-7-5-6-26(14-27)36-48-28(19-52-13-12-38)15-29(50-36)25-10-8-24(17-39)9-11-25/h5-11,14,28-31,33-36,38-39H,12-13,15-19H2,1-4H3,(H,37,51). The summed E-state index contributed by atoms with van der Waals surface area (Å²) in [6.07, 6.45) is -6.52. The maximum Gasteiger partial charge on any atom is 0.303 e. The molecule has 2 saturated heterocycles. The van der Waals surface area contributed by atoms with Gasteiger partial charge in [-0.2, -0.15) is 11.8 Å². The highest BCUT2D eigenvalue weighted by Crippen LogP contribution is 2.39. The monoisotopic (exact) mass is 763 g/mol. The van der Waals surface area contributed by atoms with Crippen LogP contribution in [0.4, 0.5) is 5.69 Å². The fourth-order valence-electron chi connectivity index (χ4n) is 5.94. The third-order valence-electron chi connectivity index (χ3n) is 8.07. The molecular weight excluding hydrogens is 719 g/mol. The number of nitrogens with one attached hydrogen (secondary N) is 1. The average Bonchev–Trinajstić information content (AvgIpc) is 3.09. The highest BCUT2D eigenvalue weighted by atomic mass is 32.2. The zero-order valence-electron chi connectivity index (χ0n) is 29.4. The number of benzene rings is 2. The van der Waals surface area contributed by atoms with Crippen LogP contribution in [0, 0.1) is 0 Å². The molecule has 2 aliphatic rings. The van der Waals surface area contributed by atoms with Crippen molar-refractivity contribution in [3.05, 3.63) is 65.2 Å². The van der Waals surface area contributed by atoms with Gasteiger partial charge in [-0.1, -0.05) is 48.6 Å². The summed E-state index contributed by atoms with van der Waals surface area (Å²) in [5.74, 6) is -1.53. The van der Waals surface area contributed by atoms with Gasteiger partial charge in [-0.25, -0.2) is 0 Å². The van der Waals surface area contributed by atoms with E-state index < -0.39 is 60.7 Å². The number of aliphatic hydroxyl groups is 2. The van der Waals surface area contributed by atoms with Gasteiger partial charge in [-0.05, 0) is 23.3 Å². The molecule has 0 amide bonds. The number of ether oxygens (including phenoxy) is 7. The van der Waals surface area contributed by atoms with Gasteiger partial charge in [0.05, 0.1) is 30.4 Å². The summed E-state index contributed by atoms with van der Waals surface area (Å²) < 4.78 is 40.7. The van der Waals surface area contributed by atoms with Crippen LogP contribution in [0.3, 0.4) is 0 Å². The highest BCUT2D eigenvalue weighted by molar-refractivity contribution is 7.99. The first kappa shape index (κ1) is 41.1. The second kappa shape index (κ2) is 20.0. The fourth-order valence-corrected chi connectivity index (χ4v) is 7.00. The molecule has 2 aliphatic heterocycles. The summed E-state index contributed by atoms with van der Waals surface area (Å²) in [6.45, 7) is 4.35. The van der Waals surface area contributed by atoms with Crippen molar-refractivity contribution < 1.29 is 62.5 Å². The molecule has 52 heavy (non-hydrogen) atoms. The fraction of sp³-hybridized carbons (Fsp3) is 0.528. The average molecular weight is 764 g/mol. The van der Waals surface area contributed by atoms with Gasteiger partial charge < -0.3 is 48.7 Å². The minimum absolute atomic E-state index is 0.0366. The number of carbonyl (C=O) groups excluding carboxylic acids is 4. The first-order chi connectivity index (χ1) is 24.9. The Morgan fingerprint density at radius 1 is 0.827 bits per heavy atom. The van der Waals surface area contributed by atoms with Gasteiger partial charge in [-0.3, -0.25) is 19.2 Å². The first-order valence-corrected chi connectivity index (χ1v) is 18.3. The van der Waals surface area contributed by atoms with Crippen LogP contribution in [0.2, 0.25) is 0 Å². The Morgan fingerprint density at radius 3 is 2.10 bits per heavy atom. The van der Waals surface area contributed by atoms with Gasteiger partial charge in [0.15, 0.2) is 24.6 Å². The van der Waals surface area contributed by atoms with Crippen molar-refractivity contribution in [3.8, 4) is 0 Å². The third kappa shape index (κ3) is 12.2. The number of thioether (sulfide) groups is 1. The molecule has 0 bridgehead atoms. The second-order valence-corrected chi connectivity index (χ2v) is 13.9. The Balaban J connectivity index is 1.54. The maximum atomic E-state index is 12.2. The van der Waals surface area contributed by atoms with Crippen LogP contribution in [0.25, 0.3) is 0 Å². The molecule has 0 aromatic heterocycles. The summed E-state index contributed by atoms with van der Waals surface area (Å²) in [7, 11) is 0. The van der Waals surface area contributed by atoms with Crippen LogP contribution in [0.15, 0.2) is 48.5 Å². The van der Waals surface area contributed by atoms with Crippen LogP contribution in [-0.2, 0) is 58.9 Å². The molecule has 2 aromatic rings. The van der Waals surface area contributed by atoms with Crippen molar-refractivity contribution in [2.75, 3.05) is 30.0 Å². The lowest BCUT2D eigenvalue weighted by Crippen LogP contribution is -2.62. The number of aliphatic hydroxyl groups excluding tert-OH is 2. The van der Waals surface area contributed by atoms with Crippen molar-refractivity contribution in [2.45, 2.75) is 96.2 Å². The lowest BCUT2D eigenvalue weighted by molar-refractivity contribution is -0.251. The molecule has 0 spiro atoms. The highest BCUT2D eigenvalue weighted by Gasteiger charge is 2.52. The first-order valence-electron chi connectivity index (χ1n) is 16.8. The Hall–Kier alpha value is -3.64. The third-order valence-corrected chi connectivity index (χ3v) is 9.42. The van der Waals surface area contributed by atoms with Crippen molar-refractivity contribution in [1.82, 2.24) is 0 Å².